The molecule has 0 spiro atoms. The molecule has 0 aliphatic rings. The fourth-order valence-corrected chi connectivity index (χ4v) is 3.54. The van der Waals surface area contributed by atoms with Crippen LogP contribution >= 0.6 is 22.6 Å². The predicted molar refractivity (Wildman–Crippen MR) is 112 cm³/mol. The monoisotopic (exact) mass is 477 g/mol. The highest BCUT2D eigenvalue weighted by molar-refractivity contribution is 14.1. The number of hydrogen-bond donors (Lipinski definition) is 0. The fraction of sp³-hybridized carbons (Fsp3) is 0.250. The summed E-state index contributed by atoms with van der Waals surface area (Å²) >= 11 is 2.12. The Hall–Kier alpha value is -2.42. The van der Waals surface area contributed by atoms with Crippen molar-refractivity contribution in [1.29, 1.82) is 0 Å². The highest BCUT2D eigenvalue weighted by Gasteiger charge is 2.20. The summed E-state index contributed by atoms with van der Waals surface area (Å²) in [6, 6.07) is 11.3. The summed E-state index contributed by atoms with van der Waals surface area (Å²) < 4.78 is 11.4. The van der Waals surface area contributed by atoms with Gasteiger partial charge in [0.05, 0.1) is 31.8 Å². The van der Waals surface area contributed by atoms with Crippen LogP contribution in [0.2, 0.25) is 0 Å². The van der Waals surface area contributed by atoms with Crippen molar-refractivity contribution in [2.45, 2.75) is 13.5 Å². The van der Waals surface area contributed by atoms with Crippen molar-refractivity contribution in [3.63, 3.8) is 0 Å². The molecule has 0 bridgehead atoms. The number of hydrogen-bond acceptors (Lipinski definition) is 5. The van der Waals surface area contributed by atoms with E-state index in [1.165, 1.54) is 0 Å². The zero-order valence-corrected chi connectivity index (χ0v) is 17.8. The number of halogens is 1. The third-order valence-corrected chi connectivity index (χ3v) is 5.16. The molecule has 0 saturated carbocycles. The van der Waals surface area contributed by atoms with E-state index in [4.69, 9.17) is 9.47 Å². The number of ether oxygens (including phenoxy) is 2. The number of rotatable bonds is 5. The highest BCUT2D eigenvalue weighted by Crippen LogP contribution is 2.32. The Kier molecular flexibility index (Phi) is 5.79. The molecule has 140 valence electrons. The van der Waals surface area contributed by atoms with Crippen molar-refractivity contribution in [3.8, 4) is 11.5 Å². The quantitative estimate of drug-likeness (QED) is 0.523. The molecule has 0 N–H and O–H groups in total. The fourth-order valence-electron chi connectivity index (χ4n) is 2.87. The van der Waals surface area contributed by atoms with E-state index in [1.54, 1.807) is 38.3 Å². The van der Waals surface area contributed by atoms with Crippen LogP contribution in [0.3, 0.4) is 0 Å². The van der Waals surface area contributed by atoms with Gasteiger partial charge in [-0.25, -0.2) is 9.97 Å². The second kappa shape index (κ2) is 8.08. The van der Waals surface area contributed by atoms with Gasteiger partial charge in [0.2, 0.25) is 0 Å². The van der Waals surface area contributed by atoms with Gasteiger partial charge in [-0.3, -0.25) is 4.79 Å². The van der Waals surface area contributed by atoms with Gasteiger partial charge in [0.1, 0.15) is 5.82 Å². The molecular formula is C20H20IN3O3. The molecular weight excluding hydrogens is 457 g/mol. The molecule has 27 heavy (non-hydrogen) atoms. The van der Waals surface area contributed by atoms with E-state index in [9.17, 15) is 4.79 Å². The highest BCUT2D eigenvalue weighted by atomic mass is 127. The minimum Gasteiger partial charge on any atom is -0.493 e. The topological polar surface area (TPSA) is 64.5 Å². The summed E-state index contributed by atoms with van der Waals surface area (Å²) in [5, 5.41) is 1.02. The van der Waals surface area contributed by atoms with E-state index >= 15 is 0 Å². The Morgan fingerprint density at radius 2 is 1.78 bits per heavy atom. The third kappa shape index (κ3) is 3.97. The SMILES string of the molecule is COc1cc(I)c(C(=O)N(C)Cc2nc(C)c3ccccc3n2)cc1OC. The lowest BCUT2D eigenvalue weighted by Crippen LogP contribution is -2.28. The Bertz CT molecular complexity index is 1010. The van der Waals surface area contributed by atoms with Gasteiger partial charge >= 0.3 is 0 Å². The van der Waals surface area contributed by atoms with Crippen LogP contribution in [0, 0.1) is 10.5 Å². The molecule has 1 amide bonds. The zero-order valence-electron chi connectivity index (χ0n) is 15.6. The van der Waals surface area contributed by atoms with E-state index in [2.05, 4.69) is 32.6 Å². The number of amides is 1. The summed E-state index contributed by atoms with van der Waals surface area (Å²) in [6.45, 7) is 2.27. The minimum atomic E-state index is -0.130. The number of nitrogens with zero attached hydrogens (tertiary/aromatic N) is 3. The molecule has 0 fully saturated rings. The van der Waals surface area contributed by atoms with Gasteiger partial charge in [0.15, 0.2) is 11.5 Å². The number of aromatic nitrogens is 2. The Morgan fingerprint density at radius 1 is 1.11 bits per heavy atom. The van der Waals surface area contributed by atoms with Crippen LogP contribution < -0.4 is 9.47 Å². The first-order valence-corrected chi connectivity index (χ1v) is 9.41. The molecule has 1 aromatic heterocycles. The first-order valence-electron chi connectivity index (χ1n) is 8.33. The van der Waals surface area contributed by atoms with Gasteiger partial charge < -0.3 is 14.4 Å². The van der Waals surface area contributed by atoms with Crippen molar-refractivity contribution >= 4 is 39.4 Å². The van der Waals surface area contributed by atoms with Gasteiger partial charge in [-0.1, -0.05) is 18.2 Å². The number of benzene rings is 2. The molecule has 0 aliphatic heterocycles. The minimum absolute atomic E-state index is 0.130. The van der Waals surface area contributed by atoms with Crippen molar-refractivity contribution in [2.75, 3.05) is 21.3 Å². The molecule has 0 saturated heterocycles. The molecule has 0 atom stereocenters. The summed E-state index contributed by atoms with van der Waals surface area (Å²) in [7, 11) is 4.86. The molecule has 0 aliphatic carbocycles. The standard InChI is InChI=1S/C20H20IN3O3/c1-12-13-7-5-6-8-16(13)23-19(22-12)11-24(2)20(25)14-9-17(26-3)18(27-4)10-15(14)21/h5-10H,11H2,1-4H3. The Morgan fingerprint density at radius 3 is 2.48 bits per heavy atom. The number of para-hydroxylation sites is 1. The van der Waals surface area contributed by atoms with Crippen molar-refractivity contribution in [3.05, 3.63) is 57.1 Å². The first-order chi connectivity index (χ1) is 12.9. The maximum atomic E-state index is 13.0. The number of aryl methyl sites for hydroxylation is 1. The molecule has 2 aromatic carbocycles. The zero-order chi connectivity index (χ0) is 19.6. The summed E-state index contributed by atoms with van der Waals surface area (Å²) in [6.07, 6.45) is 0. The Balaban J connectivity index is 1.88. The van der Waals surface area contributed by atoms with Crippen LogP contribution in [0.25, 0.3) is 10.9 Å². The largest absolute Gasteiger partial charge is 0.493 e. The molecule has 0 radical (unpaired) electrons. The molecule has 0 unspecified atom stereocenters. The van der Waals surface area contributed by atoms with E-state index in [1.807, 2.05) is 31.2 Å². The van der Waals surface area contributed by atoms with Crippen molar-refractivity contribution in [2.24, 2.45) is 0 Å². The average molecular weight is 477 g/mol. The molecule has 7 heteroatoms. The molecule has 3 rings (SSSR count). The van der Waals surface area contributed by atoms with E-state index in [-0.39, 0.29) is 5.91 Å². The summed E-state index contributed by atoms with van der Waals surface area (Å²) in [5.74, 6) is 1.59. The summed E-state index contributed by atoms with van der Waals surface area (Å²) in [4.78, 5) is 23.7. The number of carbonyl (C=O) groups is 1. The molecule has 1 heterocycles. The maximum Gasteiger partial charge on any atom is 0.255 e. The smallest absolute Gasteiger partial charge is 0.255 e. The van der Waals surface area contributed by atoms with Gasteiger partial charge in [0, 0.05) is 21.7 Å². The van der Waals surface area contributed by atoms with Crippen molar-refractivity contribution < 1.29 is 14.3 Å². The lowest BCUT2D eigenvalue weighted by molar-refractivity contribution is 0.0780. The average Bonchev–Trinajstić information content (AvgIpc) is 2.67. The van der Waals surface area contributed by atoms with Gasteiger partial charge in [-0.15, -0.1) is 0 Å². The van der Waals surface area contributed by atoms with Crippen LogP contribution in [0.4, 0.5) is 0 Å². The molecule has 3 aromatic rings. The van der Waals surface area contributed by atoms with Crippen LogP contribution in [0.1, 0.15) is 21.9 Å². The normalized spacial score (nSPS) is 10.7. The van der Waals surface area contributed by atoms with Crippen molar-refractivity contribution in [1.82, 2.24) is 14.9 Å². The van der Waals surface area contributed by atoms with Crippen LogP contribution in [-0.2, 0) is 6.54 Å². The lowest BCUT2D eigenvalue weighted by atomic mass is 10.1. The predicted octanol–water partition coefficient (Wildman–Crippen LogP) is 3.83. The molecule has 6 nitrogen and oxygen atoms in total. The second-order valence-electron chi connectivity index (χ2n) is 6.09. The number of carbonyl (C=O) groups excluding carboxylic acids is 1. The van der Waals surface area contributed by atoms with Crippen LogP contribution in [0.5, 0.6) is 11.5 Å². The lowest BCUT2D eigenvalue weighted by Gasteiger charge is -2.19. The van der Waals surface area contributed by atoms with Gasteiger partial charge in [0.25, 0.3) is 5.91 Å². The second-order valence-corrected chi connectivity index (χ2v) is 7.25. The van der Waals surface area contributed by atoms with E-state index < -0.39 is 0 Å². The van der Waals surface area contributed by atoms with Gasteiger partial charge in [-0.2, -0.15) is 0 Å². The van der Waals surface area contributed by atoms with E-state index in [0.717, 1.165) is 20.2 Å². The first kappa shape index (κ1) is 19.3. The maximum absolute atomic E-state index is 13.0. The number of methoxy groups -OCH3 is 2. The Labute approximate surface area is 171 Å². The third-order valence-electron chi connectivity index (χ3n) is 4.27. The van der Waals surface area contributed by atoms with Gasteiger partial charge in [-0.05, 0) is 47.7 Å². The van der Waals surface area contributed by atoms with Crippen LogP contribution in [0.15, 0.2) is 36.4 Å². The van der Waals surface area contributed by atoms with E-state index in [0.29, 0.717) is 29.4 Å². The number of fused-ring (bicyclic) bond motifs is 1. The van der Waals surface area contributed by atoms with Crippen LogP contribution in [-0.4, -0.2) is 42.0 Å². The summed E-state index contributed by atoms with van der Waals surface area (Å²) in [5.41, 5.74) is 2.33.